The minimum absolute atomic E-state index is 0.385. The molecule has 2 rings (SSSR count). The number of carbonyl (C=O) groups is 2. The summed E-state index contributed by atoms with van der Waals surface area (Å²) in [5.41, 5.74) is 8.63. The lowest BCUT2D eigenvalue weighted by Gasteiger charge is -2.26. The van der Waals surface area contributed by atoms with Crippen LogP contribution in [0.15, 0.2) is 24.3 Å². The topological polar surface area (TPSA) is 70.5 Å². The van der Waals surface area contributed by atoms with Gasteiger partial charge in [0, 0.05) is 5.56 Å². The first-order chi connectivity index (χ1) is 7.50. The maximum absolute atomic E-state index is 11.9. The van der Waals surface area contributed by atoms with Crippen molar-refractivity contribution in [3.8, 4) is 0 Å². The van der Waals surface area contributed by atoms with Gasteiger partial charge in [0.1, 0.15) is 0 Å². The molecule has 0 heterocycles. The van der Waals surface area contributed by atoms with Crippen molar-refractivity contribution >= 4 is 17.3 Å². The van der Waals surface area contributed by atoms with Crippen molar-refractivity contribution in [3.63, 3.8) is 0 Å². The summed E-state index contributed by atoms with van der Waals surface area (Å²) in [7, 11) is 0. The van der Waals surface area contributed by atoms with Crippen LogP contribution in [0.3, 0.4) is 0 Å². The van der Waals surface area contributed by atoms with Gasteiger partial charge in [-0.15, -0.1) is 0 Å². The molecule has 0 N–H and O–H groups in total. The molecule has 0 atom stereocenters. The number of carbonyl (C=O) groups excluding carboxylic acids is 2. The quantitative estimate of drug-likeness (QED) is 0.483. The van der Waals surface area contributed by atoms with E-state index in [1.54, 1.807) is 38.1 Å². The highest BCUT2D eigenvalue weighted by Crippen LogP contribution is 2.32. The Bertz CT molecular complexity index is 552. The first-order valence-corrected chi connectivity index (χ1v) is 4.91. The van der Waals surface area contributed by atoms with E-state index in [1.807, 2.05) is 0 Å². The van der Waals surface area contributed by atoms with Crippen LogP contribution in [0.2, 0.25) is 0 Å². The molecular weight excluding hydrogens is 204 g/mol. The van der Waals surface area contributed by atoms with E-state index in [9.17, 15) is 9.59 Å². The van der Waals surface area contributed by atoms with E-state index in [0.717, 1.165) is 0 Å². The van der Waals surface area contributed by atoms with Crippen LogP contribution in [0, 0.1) is 0 Å². The fraction of sp³-hybridized carbons (Fsp3) is 0.250. The molecule has 4 nitrogen and oxygen atoms in total. The normalized spacial score (nSPS) is 18.0. The lowest BCUT2D eigenvalue weighted by molar-refractivity contribution is -0.121. The van der Waals surface area contributed by atoms with Gasteiger partial charge in [-0.25, -0.2) is 0 Å². The molecular formula is C12H10N2O2. The maximum atomic E-state index is 11.9. The Morgan fingerprint density at radius 3 is 2.44 bits per heavy atom. The van der Waals surface area contributed by atoms with E-state index in [1.165, 1.54) is 0 Å². The number of hydrogen-bond donors (Lipinski definition) is 0. The van der Waals surface area contributed by atoms with Crippen LogP contribution in [0.4, 0.5) is 0 Å². The van der Waals surface area contributed by atoms with Crippen molar-refractivity contribution in [2.24, 2.45) is 0 Å². The van der Waals surface area contributed by atoms with Crippen LogP contribution < -0.4 is 0 Å². The van der Waals surface area contributed by atoms with Gasteiger partial charge in [0.05, 0.1) is 5.41 Å². The molecule has 4 heteroatoms. The predicted molar refractivity (Wildman–Crippen MR) is 57.4 cm³/mol. The first kappa shape index (κ1) is 10.5. The van der Waals surface area contributed by atoms with E-state index in [4.69, 9.17) is 5.53 Å². The summed E-state index contributed by atoms with van der Waals surface area (Å²) in [5, 5.41) is 0. The van der Waals surface area contributed by atoms with Gasteiger partial charge in [-0.05, 0) is 19.4 Å². The van der Waals surface area contributed by atoms with Crippen molar-refractivity contribution in [3.05, 3.63) is 40.9 Å². The zero-order valence-corrected chi connectivity index (χ0v) is 9.02. The largest absolute Gasteiger partial charge is 0.406 e. The summed E-state index contributed by atoms with van der Waals surface area (Å²) in [5.74, 6) is -0.957. The van der Waals surface area contributed by atoms with E-state index in [2.05, 4.69) is 4.79 Å². The molecule has 0 radical (unpaired) electrons. The second-order valence-corrected chi connectivity index (χ2v) is 4.28. The third-order valence-corrected chi connectivity index (χ3v) is 2.94. The van der Waals surface area contributed by atoms with Gasteiger partial charge in [-0.3, -0.25) is 9.59 Å². The number of nitrogens with zero attached hydrogens (tertiary/aromatic N) is 2. The minimum atomic E-state index is -0.827. The van der Waals surface area contributed by atoms with Gasteiger partial charge >= 0.3 is 5.71 Å². The Morgan fingerprint density at radius 1 is 1.19 bits per heavy atom. The van der Waals surface area contributed by atoms with Gasteiger partial charge < -0.3 is 5.53 Å². The van der Waals surface area contributed by atoms with Crippen LogP contribution in [0.1, 0.15) is 29.8 Å². The number of hydrogen-bond acceptors (Lipinski definition) is 2. The fourth-order valence-corrected chi connectivity index (χ4v) is 1.97. The third kappa shape index (κ3) is 1.17. The summed E-state index contributed by atoms with van der Waals surface area (Å²) in [6.45, 7) is 3.43. The molecule has 1 aliphatic carbocycles. The predicted octanol–water partition coefficient (Wildman–Crippen LogP) is 1.40. The van der Waals surface area contributed by atoms with Gasteiger partial charge in [-0.2, -0.15) is 4.79 Å². The lowest BCUT2D eigenvalue weighted by Crippen LogP contribution is -2.45. The second kappa shape index (κ2) is 3.22. The van der Waals surface area contributed by atoms with Crippen molar-refractivity contribution in [1.29, 1.82) is 0 Å². The highest BCUT2D eigenvalue weighted by atomic mass is 16.2. The number of Topliss-reactive ketones (excluding diaryl/α,β-unsaturated/α-hetero) is 2. The lowest BCUT2D eigenvalue weighted by atomic mass is 9.70. The molecule has 0 saturated heterocycles. The van der Waals surface area contributed by atoms with Crippen LogP contribution in [0.25, 0.3) is 5.53 Å². The molecule has 0 aromatic heterocycles. The molecule has 0 bridgehead atoms. The molecule has 0 spiro atoms. The van der Waals surface area contributed by atoms with Crippen molar-refractivity contribution in [2.75, 3.05) is 0 Å². The van der Waals surface area contributed by atoms with Crippen LogP contribution >= 0.6 is 0 Å². The molecule has 1 aromatic carbocycles. The molecule has 16 heavy (non-hydrogen) atoms. The SMILES string of the molecule is CC1(C)C(=O)C(=[N+]=[N-])C(=O)c2ccccc21. The average Bonchev–Trinajstić information content (AvgIpc) is 2.28. The zero-order chi connectivity index (χ0) is 11.9. The van der Waals surface area contributed by atoms with E-state index < -0.39 is 17.0 Å². The van der Waals surface area contributed by atoms with Gasteiger partial charge in [0.15, 0.2) is 0 Å². The van der Waals surface area contributed by atoms with Crippen LogP contribution in [-0.2, 0) is 10.2 Å². The van der Waals surface area contributed by atoms with Gasteiger partial charge in [-0.1, -0.05) is 24.3 Å². The van der Waals surface area contributed by atoms with Crippen molar-refractivity contribution in [2.45, 2.75) is 19.3 Å². The smallest absolute Gasteiger partial charge is 0.360 e. The second-order valence-electron chi connectivity index (χ2n) is 4.28. The molecule has 0 amide bonds. The molecule has 0 saturated carbocycles. The third-order valence-electron chi connectivity index (χ3n) is 2.94. The summed E-state index contributed by atoms with van der Waals surface area (Å²) < 4.78 is 0. The van der Waals surface area contributed by atoms with Gasteiger partial charge in [0.2, 0.25) is 0 Å². The molecule has 0 aliphatic heterocycles. The first-order valence-electron chi connectivity index (χ1n) is 4.91. The highest BCUT2D eigenvalue weighted by molar-refractivity contribution is 6.70. The number of fused-ring (bicyclic) bond motifs is 1. The standard InChI is InChI=1S/C12H10N2O2/c1-12(2)8-6-4-3-5-7(8)10(15)9(14-13)11(12)16/h3-6H,1-2H3. The summed E-state index contributed by atoms with van der Waals surface area (Å²) in [6, 6.07) is 6.89. The molecule has 0 unspecified atom stereocenters. The van der Waals surface area contributed by atoms with Gasteiger partial charge in [0.25, 0.3) is 11.6 Å². The van der Waals surface area contributed by atoms with Crippen molar-refractivity contribution in [1.82, 2.24) is 0 Å². The molecule has 1 aliphatic rings. The number of ketones is 2. The Kier molecular flexibility index (Phi) is 2.10. The van der Waals surface area contributed by atoms with Crippen LogP contribution in [0.5, 0.6) is 0 Å². The van der Waals surface area contributed by atoms with E-state index in [0.29, 0.717) is 11.1 Å². The minimum Gasteiger partial charge on any atom is -0.360 e. The fourth-order valence-electron chi connectivity index (χ4n) is 1.97. The van der Waals surface area contributed by atoms with E-state index >= 15 is 0 Å². The Balaban J connectivity index is 2.82. The maximum Gasteiger partial charge on any atom is 0.406 e. The highest BCUT2D eigenvalue weighted by Gasteiger charge is 2.48. The Hall–Kier alpha value is -2.06. The molecule has 1 aromatic rings. The summed E-state index contributed by atoms with van der Waals surface area (Å²) in [6.07, 6.45) is 0. The Morgan fingerprint density at radius 2 is 1.81 bits per heavy atom. The summed E-state index contributed by atoms with van der Waals surface area (Å²) >= 11 is 0. The monoisotopic (exact) mass is 214 g/mol. The Labute approximate surface area is 92.5 Å². The molecule has 80 valence electrons. The van der Waals surface area contributed by atoms with Crippen LogP contribution in [-0.4, -0.2) is 22.1 Å². The molecule has 0 fully saturated rings. The number of rotatable bonds is 0. The zero-order valence-electron chi connectivity index (χ0n) is 9.02. The van der Waals surface area contributed by atoms with Crippen molar-refractivity contribution < 1.29 is 14.4 Å². The van der Waals surface area contributed by atoms with E-state index in [-0.39, 0.29) is 5.71 Å². The average molecular weight is 214 g/mol. The summed E-state index contributed by atoms with van der Waals surface area (Å²) in [4.78, 5) is 26.6. The number of benzene rings is 1.